The lowest BCUT2D eigenvalue weighted by molar-refractivity contribution is -0.139. The van der Waals surface area contributed by atoms with Crippen LogP contribution in [0.3, 0.4) is 0 Å². The van der Waals surface area contributed by atoms with Crippen LogP contribution in [0, 0.1) is 5.82 Å². The van der Waals surface area contributed by atoms with Gasteiger partial charge in [-0.2, -0.15) is 0 Å². The standard InChI is InChI=1S/C12H14ClFN2O3/c1-2-3-10(11(17)18)16-12(19)15-7-4-5-8(13)9(14)6-7/h4-6,10H,2-3H2,1H3,(H,17,18)(H2,15,16,19)/t10-/m0/s1. The van der Waals surface area contributed by atoms with E-state index in [-0.39, 0.29) is 10.7 Å². The van der Waals surface area contributed by atoms with Crippen molar-refractivity contribution < 1.29 is 19.1 Å². The van der Waals surface area contributed by atoms with Gasteiger partial charge in [-0.3, -0.25) is 0 Å². The molecule has 0 aliphatic heterocycles. The fraction of sp³-hybridized carbons (Fsp3) is 0.333. The fourth-order valence-electron chi connectivity index (χ4n) is 1.45. The third-order valence-electron chi connectivity index (χ3n) is 2.36. The van der Waals surface area contributed by atoms with Gasteiger partial charge < -0.3 is 15.7 Å². The quantitative estimate of drug-likeness (QED) is 0.779. The SMILES string of the molecule is CCC[C@H](NC(=O)Nc1ccc(Cl)c(F)c1)C(=O)O. The molecule has 2 amide bonds. The Labute approximate surface area is 114 Å². The second kappa shape index (κ2) is 6.94. The number of urea groups is 1. The van der Waals surface area contributed by atoms with Gasteiger partial charge in [0.25, 0.3) is 0 Å². The van der Waals surface area contributed by atoms with E-state index in [1.807, 2.05) is 6.92 Å². The van der Waals surface area contributed by atoms with Crippen LogP contribution in [-0.2, 0) is 4.79 Å². The number of benzene rings is 1. The number of carboxylic acid groups (broad SMARTS) is 1. The van der Waals surface area contributed by atoms with Gasteiger partial charge in [0.2, 0.25) is 0 Å². The fourth-order valence-corrected chi connectivity index (χ4v) is 1.56. The molecular weight excluding hydrogens is 275 g/mol. The number of anilines is 1. The van der Waals surface area contributed by atoms with Crippen molar-refractivity contribution in [1.29, 1.82) is 0 Å². The Balaban J connectivity index is 2.63. The van der Waals surface area contributed by atoms with Crippen molar-refractivity contribution in [1.82, 2.24) is 5.32 Å². The minimum atomic E-state index is -1.11. The molecule has 0 bridgehead atoms. The molecule has 3 N–H and O–H groups in total. The lowest BCUT2D eigenvalue weighted by Crippen LogP contribution is -2.42. The first-order chi connectivity index (χ1) is 8.93. The number of hydrogen-bond acceptors (Lipinski definition) is 2. The molecule has 0 heterocycles. The lowest BCUT2D eigenvalue weighted by Gasteiger charge is -2.14. The summed E-state index contributed by atoms with van der Waals surface area (Å²) in [6, 6.07) is 2.09. The van der Waals surface area contributed by atoms with Crippen LogP contribution in [0.5, 0.6) is 0 Å². The summed E-state index contributed by atoms with van der Waals surface area (Å²) in [6.45, 7) is 1.81. The van der Waals surface area contributed by atoms with Crippen molar-refractivity contribution in [3.8, 4) is 0 Å². The molecule has 0 aliphatic carbocycles. The molecule has 7 heteroatoms. The number of rotatable bonds is 5. The molecule has 0 spiro atoms. The van der Waals surface area contributed by atoms with Crippen LogP contribution >= 0.6 is 11.6 Å². The molecule has 1 rings (SSSR count). The maximum absolute atomic E-state index is 13.1. The Bertz CT molecular complexity index is 482. The van der Waals surface area contributed by atoms with Crippen LogP contribution < -0.4 is 10.6 Å². The van der Waals surface area contributed by atoms with E-state index in [1.165, 1.54) is 12.1 Å². The normalized spacial score (nSPS) is 11.7. The first-order valence-electron chi connectivity index (χ1n) is 5.69. The third kappa shape index (κ3) is 4.75. The van der Waals surface area contributed by atoms with Crippen LogP contribution in [0.15, 0.2) is 18.2 Å². The van der Waals surface area contributed by atoms with Gasteiger partial charge in [0.15, 0.2) is 0 Å². The minimum Gasteiger partial charge on any atom is -0.480 e. The molecule has 1 aromatic carbocycles. The summed E-state index contributed by atoms with van der Waals surface area (Å²) < 4.78 is 13.1. The number of halogens is 2. The maximum Gasteiger partial charge on any atom is 0.326 e. The highest BCUT2D eigenvalue weighted by atomic mass is 35.5. The Hall–Kier alpha value is -1.82. The summed E-state index contributed by atoms with van der Waals surface area (Å²) in [5, 5.41) is 13.5. The highest BCUT2D eigenvalue weighted by Gasteiger charge is 2.18. The van der Waals surface area contributed by atoms with Crippen LogP contribution in [-0.4, -0.2) is 23.1 Å². The molecule has 0 aliphatic rings. The summed E-state index contributed by atoms with van der Waals surface area (Å²) in [6.07, 6.45) is 0.935. The van der Waals surface area contributed by atoms with E-state index in [1.54, 1.807) is 0 Å². The Morgan fingerprint density at radius 1 is 1.47 bits per heavy atom. The summed E-state index contributed by atoms with van der Waals surface area (Å²) >= 11 is 5.50. The Morgan fingerprint density at radius 3 is 2.68 bits per heavy atom. The van der Waals surface area contributed by atoms with E-state index in [0.717, 1.165) is 6.07 Å². The molecular formula is C12H14ClFN2O3. The molecule has 0 unspecified atom stereocenters. The van der Waals surface area contributed by atoms with Crippen LogP contribution in [0.25, 0.3) is 0 Å². The van der Waals surface area contributed by atoms with Gasteiger partial charge in [-0.05, 0) is 24.6 Å². The molecule has 0 radical (unpaired) electrons. The smallest absolute Gasteiger partial charge is 0.326 e. The predicted molar refractivity (Wildman–Crippen MR) is 69.9 cm³/mol. The van der Waals surface area contributed by atoms with Gasteiger partial charge in [0, 0.05) is 5.69 Å². The minimum absolute atomic E-state index is 0.0552. The number of nitrogens with one attached hydrogen (secondary N) is 2. The highest BCUT2D eigenvalue weighted by Crippen LogP contribution is 2.18. The zero-order chi connectivity index (χ0) is 14.4. The summed E-state index contributed by atoms with van der Waals surface area (Å²) in [5.41, 5.74) is 0.194. The average molecular weight is 289 g/mol. The van der Waals surface area contributed by atoms with Gasteiger partial charge in [-0.15, -0.1) is 0 Å². The highest BCUT2D eigenvalue weighted by molar-refractivity contribution is 6.30. The Kier molecular flexibility index (Phi) is 5.57. The Morgan fingerprint density at radius 2 is 2.16 bits per heavy atom. The van der Waals surface area contributed by atoms with Gasteiger partial charge in [0.05, 0.1) is 5.02 Å². The van der Waals surface area contributed by atoms with E-state index in [0.29, 0.717) is 12.8 Å². The first kappa shape index (κ1) is 15.2. The van der Waals surface area contributed by atoms with Crippen molar-refractivity contribution in [2.75, 3.05) is 5.32 Å². The second-order valence-corrected chi connectivity index (χ2v) is 4.31. The van der Waals surface area contributed by atoms with E-state index < -0.39 is 23.9 Å². The monoisotopic (exact) mass is 288 g/mol. The molecule has 0 saturated heterocycles. The van der Waals surface area contributed by atoms with Gasteiger partial charge in [-0.25, -0.2) is 14.0 Å². The summed E-state index contributed by atoms with van der Waals surface area (Å²) in [7, 11) is 0. The number of carboxylic acids is 1. The van der Waals surface area contributed by atoms with Crippen molar-refractivity contribution in [2.24, 2.45) is 0 Å². The largest absolute Gasteiger partial charge is 0.480 e. The first-order valence-corrected chi connectivity index (χ1v) is 6.07. The number of amides is 2. The van der Waals surface area contributed by atoms with Crippen molar-refractivity contribution in [3.05, 3.63) is 29.0 Å². The molecule has 1 atom stereocenters. The molecule has 104 valence electrons. The van der Waals surface area contributed by atoms with Gasteiger partial charge in [-0.1, -0.05) is 24.9 Å². The second-order valence-electron chi connectivity index (χ2n) is 3.91. The average Bonchev–Trinajstić information content (AvgIpc) is 2.33. The molecule has 0 saturated carbocycles. The van der Waals surface area contributed by atoms with Crippen LogP contribution in [0.4, 0.5) is 14.9 Å². The van der Waals surface area contributed by atoms with Crippen LogP contribution in [0.1, 0.15) is 19.8 Å². The molecule has 1 aromatic rings. The van der Waals surface area contributed by atoms with E-state index >= 15 is 0 Å². The maximum atomic E-state index is 13.1. The summed E-state index contributed by atoms with van der Waals surface area (Å²) in [4.78, 5) is 22.4. The van der Waals surface area contributed by atoms with Crippen LogP contribution in [0.2, 0.25) is 5.02 Å². The number of hydrogen-bond donors (Lipinski definition) is 3. The molecule has 0 aromatic heterocycles. The molecule has 19 heavy (non-hydrogen) atoms. The number of carbonyl (C=O) groups excluding carboxylic acids is 1. The number of aliphatic carboxylic acids is 1. The van der Waals surface area contributed by atoms with Gasteiger partial charge in [0.1, 0.15) is 11.9 Å². The van der Waals surface area contributed by atoms with Crippen molar-refractivity contribution in [2.45, 2.75) is 25.8 Å². The lowest BCUT2D eigenvalue weighted by atomic mass is 10.2. The number of carbonyl (C=O) groups is 2. The third-order valence-corrected chi connectivity index (χ3v) is 2.66. The zero-order valence-corrected chi connectivity index (χ0v) is 11.0. The van der Waals surface area contributed by atoms with E-state index in [4.69, 9.17) is 16.7 Å². The van der Waals surface area contributed by atoms with E-state index in [9.17, 15) is 14.0 Å². The van der Waals surface area contributed by atoms with Crippen molar-refractivity contribution in [3.63, 3.8) is 0 Å². The summed E-state index contributed by atoms with van der Waals surface area (Å²) in [5.74, 6) is -1.78. The van der Waals surface area contributed by atoms with E-state index in [2.05, 4.69) is 10.6 Å². The van der Waals surface area contributed by atoms with Gasteiger partial charge >= 0.3 is 12.0 Å². The van der Waals surface area contributed by atoms with Crippen molar-refractivity contribution >= 4 is 29.3 Å². The molecule has 5 nitrogen and oxygen atoms in total. The topological polar surface area (TPSA) is 78.4 Å². The molecule has 0 fully saturated rings. The zero-order valence-electron chi connectivity index (χ0n) is 10.2. The predicted octanol–water partition coefficient (Wildman–Crippen LogP) is 2.85.